The number of hydrogen-bond acceptors (Lipinski definition) is 3. The molecule has 0 N–H and O–H groups in total. The Balaban J connectivity index is 3.01. The van der Waals surface area contributed by atoms with E-state index in [-0.39, 0.29) is 17.5 Å². The van der Waals surface area contributed by atoms with E-state index < -0.39 is 5.41 Å². The van der Waals surface area contributed by atoms with Crippen LogP contribution in [0.4, 0.5) is 0 Å². The number of ether oxygens (including phenoxy) is 1. The molecule has 18 heavy (non-hydrogen) atoms. The van der Waals surface area contributed by atoms with Crippen LogP contribution < -0.4 is 4.74 Å². The fourth-order valence-corrected chi connectivity index (χ4v) is 1.94. The summed E-state index contributed by atoms with van der Waals surface area (Å²) in [5, 5.41) is 0. The zero-order valence-corrected chi connectivity index (χ0v) is 11.6. The molecular weight excluding hydrogens is 228 g/mol. The first-order chi connectivity index (χ1) is 8.30. The summed E-state index contributed by atoms with van der Waals surface area (Å²) < 4.78 is 5.04. The van der Waals surface area contributed by atoms with Gasteiger partial charge in [-0.25, -0.2) is 0 Å². The summed E-state index contributed by atoms with van der Waals surface area (Å²) in [6.45, 7) is 6.99. The van der Waals surface area contributed by atoms with Crippen LogP contribution in [0, 0.1) is 11.3 Å². The van der Waals surface area contributed by atoms with Crippen LogP contribution in [0.25, 0.3) is 0 Å². The number of ketones is 2. The number of methoxy groups -OCH3 is 1. The van der Waals surface area contributed by atoms with Gasteiger partial charge in [-0.3, -0.25) is 9.59 Å². The van der Waals surface area contributed by atoms with Crippen LogP contribution in [0.3, 0.4) is 0 Å². The molecule has 0 fully saturated rings. The summed E-state index contributed by atoms with van der Waals surface area (Å²) in [7, 11) is 1.57. The van der Waals surface area contributed by atoms with Crippen molar-refractivity contribution in [3.8, 4) is 5.75 Å². The molecule has 0 unspecified atom stereocenters. The van der Waals surface area contributed by atoms with Crippen molar-refractivity contribution in [2.75, 3.05) is 7.11 Å². The minimum absolute atomic E-state index is 0.0386. The number of hydrogen-bond donors (Lipinski definition) is 0. The fourth-order valence-electron chi connectivity index (χ4n) is 1.94. The van der Waals surface area contributed by atoms with Gasteiger partial charge in [-0.2, -0.15) is 0 Å². The summed E-state index contributed by atoms with van der Waals surface area (Å²) in [6, 6.07) is 6.83. The van der Waals surface area contributed by atoms with Gasteiger partial charge in [-0.15, -0.1) is 0 Å². The quantitative estimate of drug-likeness (QED) is 0.594. The van der Waals surface area contributed by atoms with Crippen molar-refractivity contribution in [1.82, 2.24) is 0 Å². The summed E-state index contributed by atoms with van der Waals surface area (Å²) >= 11 is 0. The van der Waals surface area contributed by atoms with E-state index in [1.807, 2.05) is 13.8 Å². The van der Waals surface area contributed by atoms with E-state index in [2.05, 4.69) is 0 Å². The Hall–Kier alpha value is -1.64. The maximum Gasteiger partial charge on any atom is 0.175 e. The van der Waals surface area contributed by atoms with Crippen LogP contribution in [0.1, 0.15) is 38.1 Å². The zero-order chi connectivity index (χ0) is 13.9. The predicted octanol–water partition coefficient (Wildman–Crippen LogP) is 3.13. The highest BCUT2D eigenvalue weighted by atomic mass is 16.5. The van der Waals surface area contributed by atoms with Gasteiger partial charge in [0.1, 0.15) is 11.5 Å². The molecule has 0 heterocycles. The third-order valence-corrected chi connectivity index (χ3v) is 3.06. The largest absolute Gasteiger partial charge is 0.497 e. The summed E-state index contributed by atoms with van der Waals surface area (Å²) in [5.74, 6) is 0.355. The molecule has 1 rings (SSSR count). The second-order valence-electron chi connectivity index (χ2n) is 5.20. The van der Waals surface area contributed by atoms with E-state index in [0.29, 0.717) is 11.3 Å². The minimum Gasteiger partial charge on any atom is -0.497 e. The van der Waals surface area contributed by atoms with Crippen LogP contribution in [-0.4, -0.2) is 18.7 Å². The Morgan fingerprint density at radius 3 is 2.00 bits per heavy atom. The molecule has 0 amide bonds. The van der Waals surface area contributed by atoms with Crippen molar-refractivity contribution in [2.24, 2.45) is 11.3 Å². The summed E-state index contributed by atoms with van der Waals surface area (Å²) in [5.41, 5.74) is -0.447. The molecule has 0 atom stereocenters. The van der Waals surface area contributed by atoms with Crippen molar-refractivity contribution in [2.45, 2.75) is 27.7 Å². The molecule has 3 nitrogen and oxygen atoms in total. The van der Waals surface area contributed by atoms with Gasteiger partial charge in [-0.1, -0.05) is 13.8 Å². The van der Waals surface area contributed by atoms with Gasteiger partial charge in [0.2, 0.25) is 0 Å². The zero-order valence-electron chi connectivity index (χ0n) is 11.6. The highest BCUT2D eigenvalue weighted by molar-refractivity contribution is 6.14. The van der Waals surface area contributed by atoms with Gasteiger partial charge < -0.3 is 4.74 Å². The number of benzene rings is 1. The molecule has 0 aromatic heterocycles. The molecule has 1 aromatic carbocycles. The van der Waals surface area contributed by atoms with Crippen molar-refractivity contribution >= 4 is 11.6 Å². The third kappa shape index (κ3) is 2.78. The lowest BCUT2D eigenvalue weighted by atomic mass is 9.76. The van der Waals surface area contributed by atoms with E-state index in [4.69, 9.17) is 4.74 Å². The smallest absolute Gasteiger partial charge is 0.175 e. The van der Waals surface area contributed by atoms with Gasteiger partial charge in [-0.05, 0) is 38.1 Å². The number of carbonyl (C=O) groups excluding carboxylic acids is 2. The molecule has 98 valence electrons. The van der Waals surface area contributed by atoms with Crippen LogP contribution in [-0.2, 0) is 4.79 Å². The lowest BCUT2D eigenvalue weighted by Crippen LogP contribution is -2.36. The van der Waals surface area contributed by atoms with E-state index in [0.717, 1.165) is 0 Å². The Bertz CT molecular complexity index is 441. The Kier molecular flexibility index (Phi) is 4.28. The van der Waals surface area contributed by atoms with Crippen molar-refractivity contribution in [3.05, 3.63) is 29.8 Å². The van der Waals surface area contributed by atoms with Gasteiger partial charge in [0.05, 0.1) is 12.5 Å². The fraction of sp³-hybridized carbons (Fsp3) is 0.467. The van der Waals surface area contributed by atoms with E-state index >= 15 is 0 Å². The van der Waals surface area contributed by atoms with Crippen LogP contribution in [0.15, 0.2) is 24.3 Å². The first-order valence-electron chi connectivity index (χ1n) is 6.04. The SMILES string of the molecule is COc1ccc(C(=O)C(C)(C)C(=O)C(C)C)cc1. The molecule has 3 heteroatoms. The predicted molar refractivity (Wildman–Crippen MR) is 71.0 cm³/mol. The normalized spacial score (nSPS) is 11.4. The highest BCUT2D eigenvalue weighted by Gasteiger charge is 2.37. The van der Waals surface area contributed by atoms with Gasteiger partial charge >= 0.3 is 0 Å². The molecule has 0 aliphatic heterocycles. The summed E-state index contributed by atoms with van der Waals surface area (Å²) in [6.07, 6.45) is 0. The van der Waals surface area contributed by atoms with Crippen LogP contribution in [0.2, 0.25) is 0 Å². The average Bonchev–Trinajstić information content (AvgIpc) is 2.36. The summed E-state index contributed by atoms with van der Waals surface area (Å²) in [4.78, 5) is 24.4. The Morgan fingerprint density at radius 2 is 1.61 bits per heavy atom. The maximum atomic E-state index is 12.4. The van der Waals surface area contributed by atoms with Gasteiger partial charge in [0.25, 0.3) is 0 Å². The standard InChI is InChI=1S/C15H20O3/c1-10(2)13(16)15(3,4)14(17)11-6-8-12(18-5)9-7-11/h6-10H,1-5H3. The number of rotatable bonds is 5. The molecular formula is C15H20O3. The second-order valence-corrected chi connectivity index (χ2v) is 5.20. The van der Waals surface area contributed by atoms with E-state index in [1.54, 1.807) is 45.2 Å². The Morgan fingerprint density at radius 1 is 1.11 bits per heavy atom. The monoisotopic (exact) mass is 248 g/mol. The van der Waals surface area contributed by atoms with Crippen molar-refractivity contribution in [3.63, 3.8) is 0 Å². The van der Waals surface area contributed by atoms with E-state index in [1.165, 1.54) is 0 Å². The van der Waals surface area contributed by atoms with E-state index in [9.17, 15) is 9.59 Å². The topological polar surface area (TPSA) is 43.4 Å². The maximum absolute atomic E-state index is 12.4. The van der Waals surface area contributed by atoms with Crippen LogP contribution >= 0.6 is 0 Å². The average molecular weight is 248 g/mol. The molecule has 0 saturated heterocycles. The molecule has 0 spiro atoms. The minimum atomic E-state index is -0.983. The number of carbonyl (C=O) groups is 2. The third-order valence-electron chi connectivity index (χ3n) is 3.06. The van der Waals surface area contributed by atoms with Gasteiger partial charge in [0, 0.05) is 11.5 Å². The van der Waals surface area contributed by atoms with Crippen molar-refractivity contribution < 1.29 is 14.3 Å². The van der Waals surface area contributed by atoms with Crippen LogP contribution in [0.5, 0.6) is 5.75 Å². The van der Waals surface area contributed by atoms with Crippen molar-refractivity contribution in [1.29, 1.82) is 0 Å². The second kappa shape index (κ2) is 5.34. The molecule has 0 aliphatic rings. The molecule has 0 saturated carbocycles. The first-order valence-corrected chi connectivity index (χ1v) is 6.04. The molecule has 0 radical (unpaired) electrons. The highest BCUT2D eigenvalue weighted by Crippen LogP contribution is 2.27. The lowest BCUT2D eigenvalue weighted by molar-refractivity contribution is -0.127. The first kappa shape index (κ1) is 14.4. The molecule has 1 aromatic rings. The molecule has 0 aliphatic carbocycles. The number of Topliss-reactive ketones (excluding diaryl/α,β-unsaturated/α-hetero) is 2. The lowest BCUT2D eigenvalue weighted by Gasteiger charge is -2.23. The molecule has 0 bridgehead atoms. The Labute approximate surface area is 108 Å². The van der Waals surface area contributed by atoms with Gasteiger partial charge in [0.15, 0.2) is 5.78 Å².